The lowest BCUT2D eigenvalue weighted by molar-refractivity contribution is -0.124. The largest absolute Gasteiger partial charge is 0.368 e. The lowest BCUT2D eigenvalue weighted by atomic mass is 9.93. The fourth-order valence-corrected chi connectivity index (χ4v) is 2.64. The second kappa shape index (κ2) is 7.85. The lowest BCUT2D eigenvalue weighted by Crippen LogP contribution is -2.53. The third-order valence-corrected chi connectivity index (χ3v) is 4.34. The number of nitrogens with one attached hydrogen (secondary N) is 1. The van der Waals surface area contributed by atoms with Gasteiger partial charge in [0.25, 0.3) is 0 Å². The van der Waals surface area contributed by atoms with Gasteiger partial charge in [0.1, 0.15) is 0 Å². The molecular formula is C15H31N3O. The van der Waals surface area contributed by atoms with Crippen LogP contribution in [-0.4, -0.2) is 42.5 Å². The van der Waals surface area contributed by atoms with E-state index in [1.807, 2.05) is 6.92 Å². The van der Waals surface area contributed by atoms with E-state index in [4.69, 9.17) is 5.73 Å². The van der Waals surface area contributed by atoms with Crippen LogP contribution in [0.3, 0.4) is 0 Å². The number of hydrogen-bond acceptors (Lipinski definition) is 3. The van der Waals surface area contributed by atoms with Crippen LogP contribution in [0.1, 0.15) is 52.9 Å². The molecule has 1 amide bonds. The molecule has 4 heteroatoms. The summed E-state index contributed by atoms with van der Waals surface area (Å²) in [6, 6.07) is 0. The highest BCUT2D eigenvalue weighted by molar-refractivity contribution is 5.84. The molecular weight excluding hydrogens is 238 g/mol. The summed E-state index contributed by atoms with van der Waals surface area (Å²) in [6.07, 6.45) is 5.49. The van der Waals surface area contributed by atoms with Crippen molar-refractivity contribution in [1.29, 1.82) is 0 Å². The van der Waals surface area contributed by atoms with Gasteiger partial charge in [-0.25, -0.2) is 0 Å². The molecule has 0 bridgehead atoms. The number of piperidine rings is 1. The third-order valence-electron chi connectivity index (χ3n) is 4.34. The fourth-order valence-electron chi connectivity index (χ4n) is 2.64. The Labute approximate surface area is 118 Å². The first-order valence-corrected chi connectivity index (χ1v) is 7.75. The Morgan fingerprint density at radius 2 is 2.05 bits per heavy atom. The minimum Gasteiger partial charge on any atom is -0.368 e. The molecule has 0 aliphatic carbocycles. The normalized spacial score (nSPS) is 21.2. The van der Waals surface area contributed by atoms with E-state index in [2.05, 4.69) is 24.1 Å². The molecule has 0 spiro atoms. The van der Waals surface area contributed by atoms with Crippen LogP contribution in [0.15, 0.2) is 0 Å². The molecule has 1 aliphatic rings. The number of rotatable bonds is 8. The minimum atomic E-state index is -0.543. The van der Waals surface area contributed by atoms with Crippen LogP contribution >= 0.6 is 0 Å². The summed E-state index contributed by atoms with van der Waals surface area (Å²) in [5, 5.41) is 3.30. The highest BCUT2D eigenvalue weighted by atomic mass is 16.1. The highest BCUT2D eigenvalue weighted by Gasteiger charge is 2.29. The Morgan fingerprint density at radius 3 is 2.58 bits per heavy atom. The molecule has 1 atom stereocenters. The first-order valence-electron chi connectivity index (χ1n) is 7.75. The van der Waals surface area contributed by atoms with Crippen molar-refractivity contribution in [2.24, 2.45) is 11.7 Å². The van der Waals surface area contributed by atoms with Gasteiger partial charge in [0.05, 0.1) is 5.54 Å². The number of primary amides is 1. The second-order valence-electron chi connectivity index (χ2n) is 6.25. The Kier molecular flexibility index (Phi) is 6.80. The van der Waals surface area contributed by atoms with Gasteiger partial charge in [0, 0.05) is 0 Å². The molecule has 112 valence electrons. The standard InChI is InChI=1S/C15H31N3O/c1-4-9-17-15(3,14(16)19)8-5-10-18-11-6-13(2)7-12-18/h13,17H,4-12H2,1-3H3,(H2,16,19). The van der Waals surface area contributed by atoms with Gasteiger partial charge in [-0.2, -0.15) is 0 Å². The molecule has 1 heterocycles. The Balaban J connectivity index is 2.30. The fraction of sp³-hybridized carbons (Fsp3) is 0.933. The van der Waals surface area contributed by atoms with Crippen molar-refractivity contribution in [2.75, 3.05) is 26.2 Å². The van der Waals surface area contributed by atoms with Crippen molar-refractivity contribution in [3.8, 4) is 0 Å². The number of nitrogens with two attached hydrogens (primary N) is 1. The first-order chi connectivity index (χ1) is 8.98. The second-order valence-corrected chi connectivity index (χ2v) is 6.25. The zero-order valence-corrected chi connectivity index (χ0v) is 12.9. The van der Waals surface area contributed by atoms with E-state index in [-0.39, 0.29) is 5.91 Å². The van der Waals surface area contributed by atoms with Crippen LogP contribution in [0.4, 0.5) is 0 Å². The van der Waals surface area contributed by atoms with Crippen LogP contribution < -0.4 is 11.1 Å². The summed E-state index contributed by atoms with van der Waals surface area (Å²) < 4.78 is 0. The molecule has 1 fully saturated rings. The molecule has 1 rings (SSSR count). The quantitative estimate of drug-likeness (QED) is 0.706. The van der Waals surface area contributed by atoms with E-state index in [1.165, 1.54) is 25.9 Å². The van der Waals surface area contributed by atoms with E-state index < -0.39 is 5.54 Å². The maximum Gasteiger partial charge on any atom is 0.237 e. The van der Waals surface area contributed by atoms with Gasteiger partial charge in [0.2, 0.25) is 5.91 Å². The lowest BCUT2D eigenvalue weighted by Gasteiger charge is -2.32. The van der Waals surface area contributed by atoms with Gasteiger partial charge >= 0.3 is 0 Å². The Morgan fingerprint density at radius 1 is 1.42 bits per heavy atom. The summed E-state index contributed by atoms with van der Waals surface area (Å²) in [5.41, 5.74) is 4.99. The molecule has 0 aromatic heterocycles. The number of hydrogen-bond donors (Lipinski definition) is 2. The molecule has 4 nitrogen and oxygen atoms in total. The smallest absolute Gasteiger partial charge is 0.237 e. The number of likely N-dealkylation sites (tertiary alicyclic amines) is 1. The average Bonchev–Trinajstić information content (AvgIpc) is 2.38. The number of carbonyl (C=O) groups is 1. The number of carbonyl (C=O) groups excluding carboxylic acids is 1. The van der Waals surface area contributed by atoms with Crippen molar-refractivity contribution >= 4 is 5.91 Å². The molecule has 0 radical (unpaired) electrons. The van der Waals surface area contributed by atoms with Crippen molar-refractivity contribution < 1.29 is 4.79 Å². The molecule has 3 N–H and O–H groups in total. The molecule has 1 saturated heterocycles. The highest BCUT2D eigenvalue weighted by Crippen LogP contribution is 2.18. The number of amides is 1. The zero-order chi connectivity index (χ0) is 14.3. The first kappa shape index (κ1) is 16.4. The SMILES string of the molecule is CCCNC(C)(CCCN1CCC(C)CC1)C(N)=O. The van der Waals surface area contributed by atoms with E-state index in [9.17, 15) is 4.79 Å². The van der Waals surface area contributed by atoms with Crippen molar-refractivity contribution in [3.63, 3.8) is 0 Å². The molecule has 19 heavy (non-hydrogen) atoms. The van der Waals surface area contributed by atoms with E-state index in [1.54, 1.807) is 0 Å². The van der Waals surface area contributed by atoms with Crippen LogP contribution in [0.5, 0.6) is 0 Å². The summed E-state index contributed by atoms with van der Waals surface area (Å²) >= 11 is 0. The van der Waals surface area contributed by atoms with Crippen LogP contribution in [0, 0.1) is 5.92 Å². The van der Waals surface area contributed by atoms with Crippen LogP contribution in [0.25, 0.3) is 0 Å². The van der Waals surface area contributed by atoms with Gasteiger partial charge in [0.15, 0.2) is 0 Å². The topological polar surface area (TPSA) is 58.4 Å². The van der Waals surface area contributed by atoms with Gasteiger partial charge < -0.3 is 16.0 Å². The minimum absolute atomic E-state index is 0.229. The molecule has 1 unspecified atom stereocenters. The summed E-state index contributed by atoms with van der Waals surface area (Å²) in [4.78, 5) is 14.1. The molecule has 0 aromatic carbocycles. The zero-order valence-electron chi connectivity index (χ0n) is 12.9. The molecule has 0 aromatic rings. The van der Waals surface area contributed by atoms with E-state index >= 15 is 0 Å². The van der Waals surface area contributed by atoms with E-state index in [0.717, 1.165) is 38.3 Å². The summed E-state index contributed by atoms with van der Waals surface area (Å²) in [7, 11) is 0. The van der Waals surface area contributed by atoms with Crippen molar-refractivity contribution in [1.82, 2.24) is 10.2 Å². The Hall–Kier alpha value is -0.610. The summed E-state index contributed by atoms with van der Waals surface area (Å²) in [5.74, 6) is 0.645. The van der Waals surface area contributed by atoms with Crippen molar-refractivity contribution in [2.45, 2.75) is 58.4 Å². The predicted octanol–water partition coefficient (Wildman–Crippen LogP) is 1.74. The molecule has 1 aliphatic heterocycles. The van der Waals surface area contributed by atoms with Gasteiger partial charge in [-0.15, -0.1) is 0 Å². The van der Waals surface area contributed by atoms with Crippen LogP contribution in [-0.2, 0) is 4.79 Å². The van der Waals surface area contributed by atoms with E-state index in [0.29, 0.717) is 0 Å². The Bertz CT molecular complexity index is 275. The van der Waals surface area contributed by atoms with Crippen LogP contribution in [0.2, 0.25) is 0 Å². The van der Waals surface area contributed by atoms with Gasteiger partial charge in [-0.1, -0.05) is 13.8 Å². The summed E-state index contributed by atoms with van der Waals surface area (Å²) in [6.45, 7) is 10.7. The molecule has 0 saturated carbocycles. The van der Waals surface area contributed by atoms with Gasteiger partial charge in [-0.3, -0.25) is 4.79 Å². The monoisotopic (exact) mass is 269 g/mol. The number of nitrogens with zero attached hydrogens (tertiary/aromatic N) is 1. The average molecular weight is 269 g/mol. The third kappa shape index (κ3) is 5.49. The maximum atomic E-state index is 11.6. The van der Waals surface area contributed by atoms with Crippen molar-refractivity contribution in [3.05, 3.63) is 0 Å². The van der Waals surface area contributed by atoms with Gasteiger partial charge in [-0.05, 0) is 71.1 Å². The predicted molar refractivity (Wildman–Crippen MR) is 80.0 cm³/mol. The maximum absolute atomic E-state index is 11.6.